The fraction of sp³-hybridized carbons (Fsp3) is 0.632. The molecule has 2 aliphatic heterocycles. The minimum Gasteiger partial charge on any atom is -0.340 e. The van der Waals surface area contributed by atoms with E-state index in [-0.39, 0.29) is 24.2 Å². The number of benzene rings is 1. The number of carbonyl (C=O) groups excluding carboxylic acids is 1. The van der Waals surface area contributed by atoms with Crippen LogP contribution in [0.4, 0.5) is 0 Å². The molecule has 1 amide bonds. The minimum absolute atomic E-state index is 0. The normalized spacial score (nSPS) is 23.6. The van der Waals surface area contributed by atoms with Crippen LogP contribution in [0.1, 0.15) is 30.4 Å². The van der Waals surface area contributed by atoms with Crippen molar-refractivity contribution in [2.24, 2.45) is 5.92 Å². The lowest BCUT2D eigenvalue weighted by Gasteiger charge is -2.36. The summed E-state index contributed by atoms with van der Waals surface area (Å²) in [6, 6.07) is 5.55. The number of nitrogens with zero attached hydrogens (tertiary/aromatic N) is 2. The molecule has 27 heavy (non-hydrogen) atoms. The third kappa shape index (κ3) is 4.16. The molecule has 2 saturated heterocycles. The smallest absolute Gasteiger partial charge is 0.243 e. The molecule has 1 unspecified atom stereocenters. The summed E-state index contributed by atoms with van der Waals surface area (Å²) >= 11 is 0. The Labute approximate surface area is 167 Å². The largest absolute Gasteiger partial charge is 0.340 e. The van der Waals surface area contributed by atoms with Crippen molar-refractivity contribution in [3.63, 3.8) is 0 Å². The number of hydrogen-bond acceptors (Lipinski definition) is 4. The molecule has 1 aromatic carbocycles. The van der Waals surface area contributed by atoms with Gasteiger partial charge < -0.3 is 10.2 Å². The topological polar surface area (TPSA) is 69.7 Å². The van der Waals surface area contributed by atoms with Gasteiger partial charge in [0.1, 0.15) is 0 Å². The van der Waals surface area contributed by atoms with Gasteiger partial charge in [0.05, 0.1) is 10.8 Å². The third-order valence-electron chi connectivity index (χ3n) is 5.90. The molecule has 1 aliphatic carbocycles. The van der Waals surface area contributed by atoms with E-state index in [1.807, 2.05) is 17.0 Å². The van der Waals surface area contributed by atoms with Crippen LogP contribution in [0.5, 0.6) is 0 Å². The first-order valence-corrected chi connectivity index (χ1v) is 11.1. The Hall–Kier alpha value is -1.15. The predicted octanol–water partition coefficient (Wildman–Crippen LogP) is 1.43. The lowest BCUT2D eigenvalue weighted by Crippen LogP contribution is -2.53. The first-order chi connectivity index (χ1) is 12.6. The van der Waals surface area contributed by atoms with Crippen molar-refractivity contribution in [1.29, 1.82) is 0 Å². The van der Waals surface area contributed by atoms with E-state index in [4.69, 9.17) is 0 Å². The van der Waals surface area contributed by atoms with Crippen LogP contribution in [0.15, 0.2) is 23.1 Å². The molecule has 8 heteroatoms. The highest BCUT2D eigenvalue weighted by Crippen LogP contribution is 2.27. The molecule has 0 radical (unpaired) electrons. The van der Waals surface area contributed by atoms with Crippen molar-refractivity contribution in [2.75, 3.05) is 39.3 Å². The van der Waals surface area contributed by atoms with Crippen LogP contribution in [-0.2, 0) is 27.7 Å². The molecule has 6 nitrogen and oxygen atoms in total. The molecule has 3 aliphatic rings. The molecule has 0 aromatic heterocycles. The van der Waals surface area contributed by atoms with Gasteiger partial charge in [0.25, 0.3) is 0 Å². The Bertz CT molecular complexity index is 785. The van der Waals surface area contributed by atoms with Crippen molar-refractivity contribution in [3.05, 3.63) is 29.3 Å². The van der Waals surface area contributed by atoms with E-state index in [2.05, 4.69) is 5.32 Å². The van der Waals surface area contributed by atoms with Gasteiger partial charge in [-0.3, -0.25) is 4.79 Å². The standard InChI is InChI=1S/C19H27N3O3S.ClH/c23-19(17-5-2-8-20-14-17)21-9-11-22(12-10-21)26(24,25)18-7-6-15-3-1-4-16(15)13-18;/h6-7,13,17,20H,1-5,8-12,14H2;1H. The summed E-state index contributed by atoms with van der Waals surface area (Å²) in [6.45, 7) is 3.46. The first kappa shape index (κ1) is 20.6. The molecule has 150 valence electrons. The molecular weight excluding hydrogens is 386 g/mol. The second kappa shape index (κ2) is 8.47. The number of hydrogen-bond donors (Lipinski definition) is 1. The summed E-state index contributed by atoms with van der Waals surface area (Å²) < 4.78 is 27.5. The molecule has 1 N–H and O–H groups in total. The van der Waals surface area contributed by atoms with E-state index in [9.17, 15) is 13.2 Å². The zero-order valence-electron chi connectivity index (χ0n) is 15.5. The predicted molar refractivity (Wildman–Crippen MR) is 107 cm³/mol. The van der Waals surface area contributed by atoms with Crippen molar-refractivity contribution >= 4 is 28.3 Å². The van der Waals surface area contributed by atoms with E-state index in [0.717, 1.165) is 45.2 Å². The SMILES string of the molecule is Cl.O=C(C1CCCNC1)N1CCN(S(=O)(=O)c2ccc3c(c2)CCC3)CC1. The number of halogens is 1. The molecule has 0 bridgehead atoms. The summed E-state index contributed by atoms with van der Waals surface area (Å²) in [4.78, 5) is 14.9. The van der Waals surface area contributed by atoms with Gasteiger partial charge in [-0.15, -0.1) is 12.4 Å². The molecule has 4 rings (SSSR count). The van der Waals surface area contributed by atoms with Crippen molar-refractivity contribution in [1.82, 2.24) is 14.5 Å². The monoisotopic (exact) mass is 413 g/mol. The van der Waals surface area contributed by atoms with Crippen LogP contribution < -0.4 is 5.32 Å². The Balaban J connectivity index is 0.00000210. The van der Waals surface area contributed by atoms with E-state index < -0.39 is 10.0 Å². The minimum atomic E-state index is -3.47. The van der Waals surface area contributed by atoms with Crippen molar-refractivity contribution in [2.45, 2.75) is 37.0 Å². The Morgan fingerprint density at radius 3 is 2.48 bits per heavy atom. The van der Waals surface area contributed by atoms with E-state index in [1.165, 1.54) is 15.4 Å². The number of rotatable bonds is 3. The fourth-order valence-electron chi connectivity index (χ4n) is 4.33. The van der Waals surface area contributed by atoms with Gasteiger partial charge in [-0.25, -0.2) is 8.42 Å². The van der Waals surface area contributed by atoms with Gasteiger partial charge in [0.15, 0.2) is 0 Å². The number of sulfonamides is 1. The maximum Gasteiger partial charge on any atom is 0.243 e. The number of piperidine rings is 1. The Morgan fingerprint density at radius 1 is 1.04 bits per heavy atom. The van der Waals surface area contributed by atoms with Crippen molar-refractivity contribution < 1.29 is 13.2 Å². The maximum atomic E-state index is 13.0. The van der Waals surface area contributed by atoms with Crippen LogP contribution in [0, 0.1) is 5.92 Å². The summed E-state index contributed by atoms with van der Waals surface area (Å²) in [6.07, 6.45) is 5.08. The van der Waals surface area contributed by atoms with Crippen LogP contribution in [-0.4, -0.2) is 62.8 Å². The van der Waals surface area contributed by atoms with Crippen molar-refractivity contribution in [3.8, 4) is 0 Å². The summed E-state index contributed by atoms with van der Waals surface area (Å²) in [5, 5.41) is 3.28. The lowest BCUT2D eigenvalue weighted by atomic mass is 9.98. The summed E-state index contributed by atoms with van der Waals surface area (Å²) in [5.41, 5.74) is 2.45. The molecule has 0 spiro atoms. The van der Waals surface area contributed by atoms with E-state index in [0.29, 0.717) is 31.1 Å². The second-order valence-electron chi connectivity index (χ2n) is 7.56. The van der Waals surface area contributed by atoms with Crippen LogP contribution >= 0.6 is 12.4 Å². The second-order valence-corrected chi connectivity index (χ2v) is 9.49. The molecule has 2 heterocycles. The number of amides is 1. The lowest BCUT2D eigenvalue weighted by molar-refractivity contribution is -0.137. The maximum absolute atomic E-state index is 13.0. The van der Waals surface area contributed by atoms with Gasteiger partial charge in [0.2, 0.25) is 15.9 Å². The van der Waals surface area contributed by atoms with Crippen LogP contribution in [0.3, 0.4) is 0 Å². The number of fused-ring (bicyclic) bond motifs is 1. The molecule has 2 fully saturated rings. The quantitative estimate of drug-likeness (QED) is 0.813. The molecule has 1 aromatic rings. The number of nitrogens with one attached hydrogen (secondary N) is 1. The van der Waals surface area contributed by atoms with E-state index in [1.54, 1.807) is 6.07 Å². The van der Waals surface area contributed by atoms with Gasteiger partial charge in [-0.1, -0.05) is 6.07 Å². The molecule has 1 atom stereocenters. The zero-order valence-corrected chi connectivity index (χ0v) is 17.2. The van der Waals surface area contributed by atoms with Gasteiger partial charge >= 0.3 is 0 Å². The first-order valence-electron chi connectivity index (χ1n) is 9.67. The number of carbonyl (C=O) groups is 1. The van der Waals surface area contributed by atoms with Gasteiger partial charge in [-0.05, 0) is 61.9 Å². The zero-order chi connectivity index (χ0) is 18.1. The number of aryl methyl sites for hydroxylation is 2. The van der Waals surface area contributed by atoms with Gasteiger partial charge in [0, 0.05) is 32.7 Å². The summed E-state index contributed by atoms with van der Waals surface area (Å²) in [7, 11) is -3.47. The van der Waals surface area contributed by atoms with E-state index >= 15 is 0 Å². The summed E-state index contributed by atoms with van der Waals surface area (Å²) in [5.74, 6) is 0.218. The average molecular weight is 414 g/mol. The molecular formula is C19H28ClN3O3S. The number of piperazine rings is 1. The highest BCUT2D eigenvalue weighted by atomic mass is 35.5. The van der Waals surface area contributed by atoms with Crippen LogP contribution in [0.25, 0.3) is 0 Å². The highest BCUT2D eigenvalue weighted by molar-refractivity contribution is 7.89. The molecule has 0 saturated carbocycles. The third-order valence-corrected chi connectivity index (χ3v) is 7.80. The average Bonchev–Trinajstić information content (AvgIpc) is 3.16. The van der Waals surface area contributed by atoms with Gasteiger partial charge in [-0.2, -0.15) is 4.31 Å². The van der Waals surface area contributed by atoms with Crippen LogP contribution in [0.2, 0.25) is 0 Å². The fourth-order valence-corrected chi connectivity index (χ4v) is 5.80. The Morgan fingerprint density at radius 2 is 1.78 bits per heavy atom. The highest BCUT2D eigenvalue weighted by Gasteiger charge is 2.33. The Kier molecular flexibility index (Phi) is 6.46.